The molecule has 0 bridgehead atoms. The number of hydrogen-bond donors (Lipinski definition) is 3. The number of thiophene rings is 1. The van der Waals surface area contributed by atoms with Crippen LogP contribution in [0.5, 0.6) is 0 Å². The van der Waals surface area contributed by atoms with Gasteiger partial charge in [0.05, 0.1) is 23.3 Å². The zero-order chi connectivity index (χ0) is 22.3. The van der Waals surface area contributed by atoms with E-state index in [1.54, 1.807) is 36.4 Å². The number of anilines is 2. The second-order valence-electron chi connectivity index (χ2n) is 5.95. The number of carboxylic acid groups (broad SMARTS) is 1. The van der Waals surface area contributed by atoms with E-state index >= 15 is 0 Å². The predicted molar refractivity (Wildman–Crippen MR) is 115 cm³/mol. The van der Waals surface area contributed by atoms with Gasteiger partial charge in [-0.1, -0.05) is 24.3 Å². The predicted octanol–water partition coefficient (Wildman–Crippen LogP) is 3.61. The lowest BCUT2D eigenvalue weighted by Crippen LogP contribution is -2.14. The largest absolute Gasteiger partial charge is 0.477 e. The lowest BCUT2D eigenvalue weighted by molar-refractivity contribution is 0.0600. The van der Waals surface area contributed by atoms with Crippen LogP contribution in [-0.4, -0.2) is 32.6 Å². The zero-order valence-corrected chi connectivity index (χ0v) is 17.8. The van der Waals surface area contributed by atoms with Crippen molar-refractivity contribution in [3.63, 3.8) is 0 Å². The topological polar surface area (TPSA) is 136 Å². The van der Waals surface area contributed by atoms with Gasteiger partial charge in [0.15, 0.2) is 0 Å². The highest BCUT2D eigenvalue weighted by molar-refractivity contribution is 7.92. The Hall–Kier alpha value is -3.37. The molecule has 0 amide bonds. The first kappa shape index (κ1) is 22.9. The van der Waals surface area contributed by atoms with Crippen molar-refractivity contribution in [1.82, 2.24) is 0 Å². The molecule has 0 saturated heterocycles. The number of sulfonamides is 1. The lowest BCUT2D eigenvalue weighted by Gasteiger charge is -2.07. The minimum atomic E-state index is -3.75. The maximum atomic E-state index is 12.0. The number of nitrogen functional groups attached to an aromatic ring is 1. The Kier molecular flexibility index (Phi) is 7.56. The van der Waals surface area contributed by atoms with Crippen LogP contribution in [0.2, 0.25) is 0 Å². The summed E-state index contributed by atoms with van der Waals surface area (Å²) in [6.45, 7) is 1.89. The average molecular weight is 449 g/mol. The molecule has 0 aliphatic rings. The molecule has 1 aromatic heterocycles. The molecule has 3 aromatic rings. The summed E-state index contributed by atoms with van der Waals surface area (Å²) in [7, 11) is -2.40. The van der Waals surface area contributed by atoms with Crippen molar-refractivity contribution in [2.45, 2.75) is 11.8 Å². The molecule has 30 heavy (non-hydrogen) atoms. The third-order valence-corrected chi connectivity index (χ3v) is 6.14. The van der Waals surface area contributed by atoms with Gasteiger partial charge >= 0.3 is 11.9 Å². The molecule has 0 aliphatic carbocycles. The number of aromatic carboxylic acids is 1. The van der Waals surface area contributed by atoms with Gasteiger partial charge in [0, 0.05) is 5.69 Å². The van der Waals surface area contributed by atoms with Gasteiger partial charge in [-0.3, -0.25) is 4.72 Å². The molecule has 1 heterocycles. The van der Waals surface area contributed by atoms with E-state index in [1.165, 1.54) is 30.7 Å². The number of carbonyl (C=O) groups excluding carboxylic acids is 1. The number of methoxy groups -OCH3 is 1. The van der Waals surface area contributed by atoms with Crippen molar-refractivity contribution < 1.29 is 27.9 Å². The summed E-state index contributed by atoms with van der Waals surface area (Å²) in [4.78, 5) is 21.9. The van der Waals surface area contributed by atoms with Gasteiger partial charge in [0.1, 0.15) is 4.88 Å². The average Bonchev–Trinajstić information content (AvgIpc) is 3.18. The Morgan fingerprint density at radius 2 is 1.77 bits per heavy atom. The molecule has 0 aliphatic heterocycles. The Balaban J connectivity index is 0.000000232. The number of nitrogens with two attached hydrogens (primary N) is 1. The molecular formula is C20H20N2O6S2. The van der Waals surface area contributed by atoms with Crippen LogP contribution in [0.4, 0.5) is 11.4 Å². The second-order valence-corrected chi connectivity index (χ2v) is 8.55. The normalized spacial score (nSPS) is 10.5. The van der Waals surface area contributed by atoms with Crippen molar-refractivity contribution in [3.8, 4) is 0 Å². The molecule has 0 radical (unpaired) electrons. The Morgan fingerprint density at radius 3 is 2.33 bits per heavy atom. The van der Waals surface area contributed by atoms with Gasteiger partial charge < -0.3 is 15.6 Å². The molecule has 8 nitrogen and oxygen atoms in total. The molecule has 158 valence electrons. The van der Waals surface area contributed by atoms with Gasteiger partial charge in [0.25, 0.3) is 10.0 Å². The van der Waals surface area contributed by atoms with E-state index in [-0.39, 0.29) is 21.4 Å². The first-order chi connectivity index (χ1) is 14.2. The smallest absolute Gasteiger partial charge is 0.348 e. The second kappa shape index (κ2) is 9.90. The molecular weight excluding hydrogens is 428 g/mol. The number of carbonyl (C=O) groups is 2. The zero-order valence-electron chi connectivity index (χ0n) is 16.2. The monoisotopic (exact) mass is 448 g/mol. The molecule has 2 aromatic carbocycles. The lowest BCUT2D eigenvalue weighted by atomic mass is 10.1. The first-order valence-corrected chi connectivity index (χ1v) is 10.8. The highest BCUT2D eigenvalue weighted by Crippen LogP contribution is 2.25. The number of esters is 1. The van der Waals surface area contributed by atoms with Crippen molar-refractivity contribution in [1.29, 1.82) is 0 Å². The van der Waals surface area contributed by atoms with Crippen molar-refractivity contribution in [2.24, 2.45) is 0 Å². The summed E-state index contributed by atoms with van der Waals surface area (Å²) in [5.41, 5.74) is 7.74. The standard InChI is InChI=1S/C11H9NO4S2.C9H11NO2/c13-11(14)10-9(6-7-17-10)12-18(15,16)8-4-2-1-3-5-8;1-6-3-4-7(5-8(6)10)9(11)12-2/h1-7,12H,(H,13,14);3-5H,10H2,1-2H3. The van der Waals surface area contributed by atoms with Gasteiger partial charge in [-0.25, -0.2) is 18.0 Å². The van der Waals surface area contributed by atoms with Crippen molar-refractivity contribution in [2.75, 3.05) is 17.6 Å². The fraction of sp³-hybridized carbons (Fsp3) is 0.100. The van der Waals surface area contributed by atoms with Crippen LogP contribution < -0.4 is 10.5 Å². The molecule has 4 N–H and O–H groups in total. The highest BCUT2D eigenvalue weighted by Gasteiger charge is 2.19. The number of hydrogen-bond acceptors (Lipinski definition) is 7. The molecule has 0 unspecified atom stereocenters. The maximum Gasteiger partial charge on any atom is 0.348 e. The van der Waals surface area contributed by atoms with E-state index in [2.05, 4.69) is 9.46 Å². The minimum absolute atomic E-state index is 0.0329. The van der Waals surface area contributed by atoms with Crippen LogP contribution in [0.1, 0.15) is 25.6 Å². The Bertz CT molecular complexity index is 1140. The maximum absolute atomic E-state index is 12.0. The summed E-state index contributed by atoms with van der Waals surface area (Å²) in [6.07, 6.45) is 0. The van der Waals surface area contributed by atoms with Crippen molar-refractivity contribution >= 4 is 44.7 Å². The van der Waals surface area contributed by atoms with Crippen LogP contribution >= 0.6 is 11.3 Å². The number of nitrogens with one attached hydrogen (secondary N) is 1. The molecule has 0 spiro atoms. The Labute approximate surface area is 178 Å². The van der Waals surface area contributed by atoms with E-state index in [0.717, 1.165) is 16.9 Å². The van der Waals surface area contributed by atoms with Gasteiger partial charge in [-0.2, -0.15) is 0 Å². The van der Waals surface area contributed by atoms with Gasteiger partial charge in [0.2, 0.25) is 0 Å². The number of aryl methyl sites for hydroxylation is 1. The van der Waals surface area contributed by atoms with Gasteiger partial charge in [-0.15, -0.1) is 11.3 Å². The molecule has 0 atom stereocenters. The molecule has 0 fully saturated rings. The van der Waals surface area contributed by atoms with Crippen LogP contribution in [0.15, 0.2) is 64.9 Å². The summed E-state index contributed by atoms with van der Waals surface area (Å²) < 4.78 is 30.8. The van der Waals surface area contributed by atoms with Crippen LogP contribution in [0.25, 0.3) is 0 Å². The molecule has 10 heteroatoms. The summed E-state index contributed by atoms with van der Waals surface area (Å²) in [5, 5.41) is 10.4. The number of rotatable bonds is 5. The Morgan fingerprint density at radius 1 is 1.10 bits per heavy atom. The van der Waals surface area contributed by atoms with E-state index in [4.69, 9.17) is 10.8 Å². The van der Waals surface area contributed by atoms with Crippen molar-refractivity contribution in [3.05, 3.63) is 76.0 Å². The van der Waals surface area contributed by atoms with E-state index in [1.807, 2.05) is 6.92 Å². The van der Waals surface area contributed by atoms with E-state index in [9.17, 15) is 18.0 Å². The van der Waals surface area contributed by atoms with Gasteiger partial charge in [-0.05, 0) is 48.2 Å². The first-order valence-electron chi connectivity index (χ1n) is 8.49. The third kappa shape index (κ3) is 5.82. The van der Waals surface area contributed by atoms with Crippen LogP contribution in [0, 0.1) is 6.92 Å². The fourth-order valence-electron chi connectivity index (χ4n) is 2.24. The number of benzene rings is 2. The SMILES string of the molecule is COC(=O)c1ccc(C)c(N)c1.O=C(O)c1sccc1NS(=O)(=O)c1ccccc1. The third-order valence-electron chi connectivity index (χ3n) is 3.86. The minimum Gasteiger partial charge on any atom is -0.477 e. The summed E-state index contributed by atoms with van der Waals surface area (Å²) in [5.74, 6) is -1.52. The summed E-state index contributed by atoms with van der Waals surface area (Å²) >= 11 is 0.967. The van der Waals surface area contributed by atoms with E-state index < -0.39 is 16.0 Å². The van der Waals surface area contributed by atoms with Crippen LogP contribution in [-0.2, 0) is 14.8 Å². The summed E-state index contributed by atoms with van der Waals surface area (Å²) in [6, 6.07) is 14.3. The van der Waals surface area contributed by atoms with E-state index in [0.29, 0.717) is 11.3 Å². The quantitative estimate of drug-likeness (QED) is 0.401. The fourth-order valence-corrected chi connectivity index (χ4v) is 4.09. The number of carboxylic acids is 1. The van der Waals surface area contributed by atoms with Crippen LogP contribution in [0.3, 0.4) is 0 Å². The molecule has 3 rings (SSSR count). The molecule has 0 saturated carbocycles. The number of ether oxygens (including phenoxy) is 1. The highest BCUT2D eigenvalue weighted by atomic mass is 32.2.